The minimum Gasteiger partial charge on any atom is -0.398 e. The first-order valence-corrected chi connectivity index (χ1v) is 7.15. The van der Waals surface area contributed by atoms with E-state index in [1.807, 2.05) is 18.2 Å². The SMILES string of the molecule is CCOP(=O)(/C=C/c1ccccc1N)OCC. The van der Waals surface area contributed by atoms with Crippen molar-refractivity contribution in [3.63, 3.8) is 0 Å². The van der Waals surface area contributed by atoms with E-state index in [0.717, 1.165) is 5.56 Å². The summed E-state index contributed by atoms with van der Waals surface area (Å²) in [4.78, 5) is 0. The summed E-state index contributed by atoms with van der Waals surface area (Å²) in [7, 11) is -3.14. The molecule has 0 heterocycles. The van der Waals surface area contributed by atoms with Crippen LogP contribution in [0.3, 0.4) is 0 Å². The predicted octanol–water partition coefficient (Wildman–Crippen LogP) is 3.51. The van der Waals surface area contributed by atoms with Crippen molar-refractivity contribution in [2.75, 3.05) is 18.9 Å². The fourth-order valence-electron chi connectivity index (χ4n) is 1.32. The Bertz CT molecular complexity index is 422. The van der Waals surface area contributed by atoms with Crippen LogP contribution in [0.2, 0.25) is 0 Å². The van der Waals surface area contributed by atoms with Crippen LogP contribution in [-0.4, -0.2) is 13.2 Å². The largest absolute Gasteiger partial charge is 0.398 e. The Kier molecular flexibility index (Phi) is 5.42. The molecule has 0 bridgehead atoms. The van der Waals surface area contributed by atoms with Crippen LogP contribution < -0.4 is 5.73 Å². The van der Waals surface area contributed by atoms with Crippen LogP contribution in [0.5, 0.6) is 0 Å². The highest BCUT2D eigenvalue weighted by Crippen LogP contribution is 2.50. The molecule has 0 radical (unpaired) electrons. The number of nitrogens with two attached hydrogens (primary N) is 1. The van der Waals surface area contributed by atoms with Gasteiger partial charge < -0.3 is 14.8 Å². The lowest BCUT2D eigenvalue weighted by atomic mass is 10.2. The molecular formula is C12H18NO3P. The molecule has 1 aromatic carbocycles. The van der Waals surface area contributed by atoms with Gasteiger partial charge in [0, 0.05) is 11.5 Å². The van der Waals surface area contributed by atoms with E-state index in [4.69, 9.17) is 14.8 Å². The number of para-hydroxylation sites is 1. The van der Waals surface area contributed by atoms with Gasteiger partial charge in [0.2, 0.25) is 0 Å². The van der Waals surface area contributed by atoms with Crippen LogP contribution in [0.1, 0.15) is 19.4 Å². The molecule has 2 N–H and O–H groups in total. The lowest BCUT2D eigenvalue weighted by Crippen LogP contribution is -1.93. The second-order valence-corrected chi connectivity index (χ2v) is 5.21. The van der Waals surface area contributed by atoms with Gasteiger partial charge in [0.25, 0.3) is 0 Å². The fraction of sp³-hybridized carbons (Fsp3) is 0.333. The Labute approximate surface area is 102 Å². The van der Waals surface area contributed by atoms with Gasteiger partial charge in [-0.25, -0.2) is 0 Å². The third-order valence-electron chi connectivity index (χ3n) is 2.05. The van der Waals surface area contributed by atoms with Gasteiger partial charge in [0.1, 0.15) is 0 Å². The minimum atomic E-state index is -3.14. The maximum Gasteiger partial charge on any atom is 0.354 e. The van der Waals surface area contributed by atoms with Gasteiger partial charge in [0.15, 0.2) is 0 Å². The van der Waals surface area contributed by atoms with E-state index in [1.54, 1.807) is 26.0 Å². The van der Waals surface area contributed by atoms with Gasteiger partial charge >= 0.3 is 7.60 Å². The zero-order valence-corrected chi connectivity index (χ0v) is 11.0. The van der Waals surface area contributed by atoms with Gasteiger partial charge in [0.05, 0.1) is 13.2 Å². The zero-order valence-electron chi connectivity index (χ0n) is 10.1. The average molecular weight is 255 g/mol. The molecule has 94 valence electrons. The summed E-state index contributed by atoms with van der Waals surface area (Å²) in [5, 5.41) is 0. The lowest BCUT2D eigenvalue weighted by Gasteiger charge is -2.12. The quantitative estimate of drug-likeness (QED) is 0.624. The smallest absolute Gasteiger partial charge is 0.354 e. The molecule has 0 aliphatic carbocycles. The topological polar surface area (TPSA) is 61.5 Å². The third-order valence-corrected chi connectivity index (χ3v) is 3.80. The Morgan fingerprint density at radius 3 is 2.35 bits per heavy atom. The van der Waals surface area contributed by atoms with E-state index in [1.165, 1.54) is 5.82 Å². The number of rotatable bonds is 6. The van der Waals surface area contributed by atoms with E-state index in [-0.39, 0.29) is 0 Å². The molecule has 0 aliphatic heterocycles. The first-order valence-electron chi connectivity index (χ1n) is 5.54. The number of benzene rings is 1. The summed E-state index contributed by atoms with van der Waals surface area (Å²) in [5.41, 5.74) is 7.20. The van der Waals surface area contributed by atoms with E-state index in [9.17, 15) is 4.57 Å². The molecule has 0 unspecified atom stereocenters. The van der Waals surface area contributed by atoms with Crippen LogP contribution in [0.4, 0.5) is 5.69 Å². The number of hydrogen-bond acceptors (Lipinski definition) is 4. The Morgan fingerprint density at radius 1 is 1.24 bits per heavy atom. The summed E-state index contributed by atoms with van der Waals surface area (Å²) in [6.07, 6.45) is 1.67. The second-order valence-electron chi connectivity index (χ2n) is 3.32. The molecule has 0 fully saturated rings. The zero-order chi connectivity index (χ0) is 12.7. The van der Waals surface area contributed by atoms with Crippen molar-refractivity contribution in [3.05, 3.63) is 35.6 Å². The Hall–Kier alpha value is -1.09. The maximum atomic E-state index is 12.1. The molecular weight excluding hydrogens is 237 g/mol. The molecule has 0 spiro atoms. The summed E-state index contributed by atoms with van der Waals surface area (Å²) >= 11 is 0. The van der Waals surface area contributed by atoms with E-state index in [2.05, 4.69) is 0 Å². The Morgan fingerprint density at radius 2 is 1.82 bits per heavy atom. The first-order chi connectivity index (χ1) is 8.11. The van der Waals surface area contributed by atoms with Gasteiger partial charge in [-0.3, -0.25) is 4.57 Å². The summed E-state index contributed by atoms with van der Waals surface area (Å²) in [5.74, 6) is 1.45. The fourth-order valence-corrected chi connectivity index (χ4v) is 2.63. The number of nitrogen functional groups attached to an aromatic ring is 1. The van der Waals surface area contributed by atoms with E-state index >= 15 is 0 Å². The predicted molar refractivity (Wildman–Crippen MR) is 70.7 cm³/mol. The van der Waals surface area contributed by atoms with Crippen molar-refractivity contribution >= 4 is 19.4 Å². The molecule has 0 atom stereocenters. The highest BCUT2D eigenvalue weighted by molar-refractivity contribution is 7.57. The van der Waals surface area contributed by atoms with Crippen molar-refractivity contribution in [1.82, 2.24) is 0 Å². The van der Waals surface area contributed by atoms with Gasteiger partial charge in [-0.15, -0.1) is 0 Å². The molecule has 0 aromatic heterocycles. The minimum absolute atomic E-state index is 0.339. The summed E-state index contributed by atoms with van der Waals surface area (Å²) < 4.78 is 22.4. The van der Waals surface area contributed by atoms with Crippen LogP contribution in [0.15, 0.2) is 30.1 Å². The van der Waals surface area contributed by atoms with Crippen molar-refractivity contribution in [2.45, 2.75) is 13.8 Å². The van der Waals surface area contributed by atoms with Crippen LogP contribution >= 0.6 is 7.60 Å². The highest BCUT2D eigenvalue weighted by atomic mass is 31.2. The molecule has 0 saturated carbocycles. The normalized spacial score (nSPS) is 12.1. The highest BCUT2D eigenvalue weighted by Gasteiger charge is 2.18. The Balaban J connectivity index is 2.87. The molecule has 1 aromatic rings. The maximum absolute atomic E-state index is 12.1. The van der Waals surface area contributed by atoms with Gasteiger partial charge in [-0.2, -0.15) is 0 Å². The molecule has 5 heteroatoms. The average Bonchev–Trinajstić information content (AvgIpc) is 2.29. The van der Waals surface area contributed by atoms with E-state index < -0.39 is 7.60 Å². The molecule has 0 amide bonds. The van der Waals surface area contributed by atoms with Crippen LogP contribution in [0, 0.1) is 0 Å². The van der Waals surface area contributed by atoms with E-state index in [0.29, 0.717) is 18.9 Å². The summed E-state index contributed by atoms with van der Waals surface area (Å²) in [6, 6.07) is 7.33. The van der Waals surface area contributed by atoms with Crippen molar-refractivity contribution in [1.29, 1.82) is 0 Å². The molecule has 0 aliphatic rings. The molecule has 0 saturated heterocycles. The van der Waals surface area contributed by atoms with Gasteiger partial charge in [-0.1, -0.05) is 18.2 Å². The summed E-state index contributed by atoms with van der Waals surface area (Å²) in [6.45, 7) is 4.23. The van der Waals surface area contributed by atoms with Crippen LogP contribution in [0.25, 0.3) is 6.08 Å². The molecule has 1 rings (SSSR count). The number of anilines is 1. The third kappa shape index (κ3) is 4.35. The van der Waals surface area contributed by atoms with Crippen molar-refractivity contribution < 1.29 is 13.6 Å². The molecule has 17 heavy (non-hydrogen) atoms. The van der Waals surface area contributed by atoms with Gasteiger partial charge in [-0.05, 0) is 31.6 Å². The monoisotopic (exact) mass is 255 g/mol. The number of hydrogen-bond donors (Lipinski definition) is 1. The van der Waals surface area contributed by atoms with Crippen molar-refractivity contribution in [2.24, 2.45) is 0 Å². The van der Waals surface area contributed by atoms with Crippen molar-refractivity contribution in [3.8, 4) is 0 Å². The standard InChI is InChI=1S/C12H18NO3P/c1-3-15-17(14,16-4-2)10-9-11-7-5-6-8-12(11)13/h5-10H,3-4,13H2,1-2H3/b10-9+. The van der Waals surface area contributed by atoms with Crippen LogP contribution in [-0.2, 0) is 13.6 Å². The molecule has 4 nitrogen and oxygen atoms in total. The first kappa shape index (κ1) is 14.0. The lowest BCUT2D eigenvalue weighted by molar-refractivity contribution is 0.229. The second kappa shape index (κ2) is 6.60.